The van der Waals surface area contributed by atoms with Gasteiger partial charge in [-0.25, -0.2) is 0 Å². The van der Waals surface area contributed by atoms with Crippen LogP contribution in [0.1, 0.15) is 43.5 Å². The van der Waals surface area contributed by atoms with Gasteiger partial charge in [-0.2, -0.15) is 4.57 Å². The van der Waals surface area contributed by atoms with Gasteiger partial charge in [0.1, 0.15) is 0 Å². The molecule has 5 heterocycles. The van der Waals surface area contributed by atoms with Crippen molar-refractivity contribution >= 4 is 28.1 Å². The van der Waals surface area contributed by atoms with Crippen molar-refractivity contribution < 1.29 is 19.2 Å². The molecule has 182 valence electrons. The van der Waals surface area contributed by atoms with Crippen molar-refractivity contribution in [1.29, 1.82) is 0 Å². The minimum absolute atomic E-state index is 0.0663. The molecule has 36 heavy (non-hydrogen) atoms. The average molecular weight is 480 g/mol. The zero-order valence-corrected chi connectivity index (χ0v) is 20.8. The second-order valence-electron chi connectivity index (χ2n) is 11.3. The van der Waals surface area contributed by atoms with Gasteiger partial charge in [-0.3, -0.25) is 4.79 Å². The zero-order valence-electron chi connectivity index (χ0n) is 20.8. The standard InChI is InChI=1S/C31H30N2O3/c1-31(2)18-21-15-19(16-29(34)35)7-9-25(21)33-14-12-28-23(30(31)33)17-22-26-10-8-20-5-3-4-6-24(20)32(26)13-11-27(22)36-28/h3-10,15,17,27-28H,11-14,16,18H2,1-2H3/p+1. The number of ether oxygens (including phenoxy) is 1. The number of rotatable bonds is 2. The highest BCUT2D eigenvalue weighted by molar-refractivity contribution is 5.79. The Morgan fingerprint density at radius 2 is 1.97 bits per heavy atom. The van der Waals surface area contributed by atoms with E-state index in [1.165, 1.54) is 44.7 Å². The van der Waals surface area contributed by atoms with E-state index in [2.05, 4.69) is 77.9 Å². The van der Waals surface area contributed by atoms with Crippen molar-refractivity contribution in [3.8, 4) is 0 Å². The van der Waals surface area contributed by atoms with Gasteiger partial charge in [0.2, 0.25) is 11.2 Å². The quantitative estimate of drug-likeness (QED) is 0.523. The van der Waals surface area contributed by atoms with Crippen molar-refractivity contribution in [2.45, 2.75) is 58.3 Å². The molecule has 0 fully saturated rings. The van der Waals surface area contributed by atoms with Crippen molar-refractivity contribution in [2.75, 3.05) is 11.4 Å². The lowest BCUT2D eigenvalue weighted by Gasteiger charge is -2.50. The van der Waals surface area contributed by atoms with Gasteiger partial charge in [0, 0.05) is 52.9 Å². The fourth-order valence-corrected chi connectivity index (χ4v) is 7.01. The molecule has 0 amide bonds. The van der Waals surface area contributed by atoms with Crippen LogP contribution in [0.2, 0.25) is 0 Å². The first-order valence-electron chi connectivity index (χ1n) is 13.0. The molecule has 0 spiro atoms. The number of allylic oxidation sites excluding steroid dienone is 1. The van der Waals surface area contributed by atoms with E-state index in [4.69, 9.17) is 4.74 Å². The highest BCUT2D eigenvalue weighted by Gasteiger charge is 2.45. The number of carboxylic acids is 1. The molecule has 0 bridgehead atoms. The van der Waals surface area contributed by atoms with Crippen LogP contribution in [0.3, 0.4) is 0 Å². The number of nitrogens with zero attached hydrogens (tertiary/aromatic N) is 2. The first-order chi connectivity index (χ1) is 17.4. The number of para-hydroxylation sites is 1. The molecule has 2 unspecified atom stereocenters. The highest BCUT2D eigenvalue weighted by atomic mass is 16.5. The number of aryl methyl sites for hydroxylation is 1. The summed E-state index contributed by atoms with van der Waals surface area (Å²) in [5, 5.41) is 10.5. The number of hydrogen-bond donors (Lipinski definition) is 1. The Morgan fingerprint density at radius 3 is 2.83 bits per heavy atom. The number of hydrogen-bond acceptors (Lipinski definition) is 3. The van der Waals surface area contributed by atoms with E-state index in [1.807, 2.05) is 6.07 Å². The maximum absolute atomic E-state index is 11.3. The minimum Gasteiger partial charge on any atom is -0.481 e. The number of anilines is 1. The number of pyridine rings is 1. The molecular weight excluding hydrogens is 448 g/mol. The predicted molar refractivity (Wildman–Crippen MR) is 140 cm³/mol. The summed E-state index contributed by atoms with van der Waals surface area (Å²) in [6.45, 7) is 6.53. The van der Waals surface area contributed by atoms with E-state index >= 15 is 0 Å². The molecule has 0 saturated heterocycles. The topological polar surface area (TPSA) is 53.6 Å². The van der Waals surface area contributed by atoms with Gasteiger partial charge in [-0.1, -0.05) is 38.1 Å². The molecule has 5 nitrogen and oxygen atoms in total. The lowest BCUT2D eigenvalue weighted by atomic mass is 9.72. The average Bonchev–Trinajstić information content (AvgIpc) is 2.86. The van der Waals surface area contributed by atoms with Gasteiger partial charge in [-0.15, -0.1) is 0 Å². The van der Waals surface area contributed by atoms with Gasteiger partial charge >= 0.3 is 5.97 Å². The fourth-order valence-electron chi connectivity index (χ4n) is 7.01. The Morgan fingerprint density at radius 1 is 1.11 bits per heavy atom. The van der Waals surface area contributed by atoms with Crippen molar-refractivity contribution in [1.82, 2.24) is 0 Å². The molecule has 4 aliphatic rings. The normalized spacial score (nSPS) is 23.7. The Kier molecular flexibility index (Phi) is 4.71. The molecule has 0 aliphatic carbocycles. The van der Waals surface area contributed by atoms with E-state index in [1.54, 1.807) is 0 Å². The maximum Gasteiger partial charge on any atom is 0.307 e. The third-order valence-corrected chi connectivity index (χ3v) is 8.40. The van der Waals surface area contributed by atoms with Crippen molar-refractivity contribution in [2.24, 2.45) is 5.41 Å². The number of aromatic nitrogens is 1. The first kappa shape index (κ1) is 21.8. The van der Waals surface area contributed by atoms with Crippen LogP contribution >= 0.6 is 0 Å². The van der Waals surface area contributed by atoms with E-state index < -0.39 is 5.97 Å². The number of benzene rings is 2. The predicted octanol–water partition coefficient (Wildman–Crippen LogP) is 5.06. The Balaban J connectivity index is 1.38. The molecule has 1 aromatic heterocycles. The summed E-state index contributed by atoms with van der Waals surface area (Å²) < 4.78 is 9.28. The van der Waals surface area contributed by atoms with Crippen LogP contribution in [0.25, 0.3) is 16.5 Å². The molecule has 0 radical (unpaired) electrons. The molecule has 0 saturated carbocycles. The highest BCUT2D eigenvalue weighted by Crippen LogP contribution is 2.50. The van der Waals surface area contributed by atoms with E-state index in [9.17, 15) is 9.90 Å². The molecule has 2 atom stereocenters. The molecule has 2 aromatic carbocycles. The van der Waals surface area contributed by atoms with Crippen LogP contribution in [-0.2, 0) is 28.9 Å². The van der Waals surface area contributed by atoms with Crippen LogP contribution < -0.4 is 9.47 Å². The third kappa shape index (κ3) is 3.26. The summed E-state index contributed by atoms with van der Waals surface area (Å²) in [5.74, 6) is -0.785. The summed E-state index contributed by atoms with van der Waals surface area (Å²) in [6, 6.07) is 19.3. The summed E-state index contributed by atoms with van der Waals surface area (Å²) in [4.78, 5) is 13.8. The van der Waals surface area contributed by atoms with Crippen LogP contribution in [0.4, 0.5) is 5.69 Å². The second kappa shape index (κ2) is 7.78. The summed E-state index contributed by atoms with van der Waals surface area (Å²) >= 11 is 0. The third-order valence-electron chi connectivity index (χ3n) is 8.40. The second-order valence-corrected chi connectivity index (χ2v) is 11.3. The van der Waals surface area contributed by atoms with Crippen LogP contribution in [0.5, 0.6) is 0 Å². The van der Waals surface area contributed by atoms with Crippen LogP contribution in [0, 0.1) is 5.41 Å². The van der Waals surface area contributed by atoms with Crippen LogP contribution in [-0.4, -0.2) is 29.8 Å². The molecule has 7 rings (SSSR count). The van der Waals surface area contributed by atoms with Gasteiger partial charge < -0.3 is 14.7 Å². The van der Waals surface area contributed by atoms with Gasteiger partial charge in [0.05, 0.1) is 24.2 Å². The lowest BCUT2D eigenvalue weighted by Crippen LogP contribution is -2.51. The molecular formula is C31H31N2O3+. The summed E-state index contributed by atoms with van der Waals surface area (Å²) in [7, 11) is 0. The Labute approximate surface area is 211 Å². The smallest absolute Gasteiger partial charge is 0.307 e. The number of fused-ring (bicyclic) bond motifs is 9. The molecule has 5 heteroatoms. The number of aliphatic carboxylic acids is 1. The first-order valence-corrected chi connectivity index (χ1v) is 13.0. The molecule has 3 aromatic rings. The maximum atomic E-state index is 11.3. The van der Waals surface area contributed by atoms with E-state index in [-0.39, 0.29) is 24.0 Å². The van der Waals surface area contributed by atoms with Gasteiger partial charge in [0.25, 0.3) is 0 Å². The van der Waals surface area contributed by atoms with E-state index in [0.717, 1.165) is 37.9 Å². The fraction of sp³-hybridized carbons (Fsp3) is 0.355. The van der Waals surface area contributed by atoms with Crippen molar-refractivity contribution in [3.63, 3.8) is 0 Å². The number of carboxylic acid groups (broad SMARTS) is 1. The van der Waals surface area contributed by atoms with Gasteiger partial charge in [-0.05, 0) is 48.2 Å². The van der Waals surface area contributed by atoms with Crippen LogP contribution in [0.15, 0.2) is 71.9 Å². The Bertz CT molecular complexity index is 1500. The zero-order chi connectivity index (χ0) is 24.6. The lowest BCUT2D eigenvalue weighted by molar-refractivity contribution is -0.678. The summed E-state index contributed by atoms with van der Waals surface area (Å²) in [5.41, 5.74) is 9.78. The minimum atomic E-state index is -0.785. The monoisotopic (exact) mass is 479 g/mol. The van der Waals surface area contributed by atoms with Gasteiger partial charge in [0.15, 0.2) is 6.54 Å². The number of carbonyl (C=O) groups is 1. The van der Waals surface area contributed by atoms with E-state index in [0.29, 0.717) is 0 Å². The largest absolute Gasteiger partial charge is 0.481 e. The Hall–Kier alpha value is -3.44. The summed E-state index contributed by atoms with van der Waals surface area (Å²) in [6.07, 6.45) is 5.64. The van der Waals surface area contributed by atoms with Crippen molar-refractivity contribution in [3.05, 3.63) is 88.8 Å². The molecule has 4 aliphatic heterocycles. The molecule has 1 N–H and O–H groups in total. The SMILES string of the molecule is CC1(C)Cc2cc(CC(=O)O)ccc2N2CCC3OC4CC[n+]5c(ccc6ccccc65)C4=CC3=C21.